The molecular weight excluding hydrogens is 364 g/mol. The molecule has 0 atom stereocenters. The summed E-state index contributed by atoms with van der Waals surface area (Å²) < 4.78 is 53.8. The summed E-state index contributed by atoms with van der Waals surface area (Å²) in [5.74, 6) is -1.86. The standard InChI is InChI=1S/C17H19F2N3O3S/c1-21(2)26(24,25)22(16-9-4-3-8-15(16)19)12-17(23)20-11-13-6-5-7-14(18)10-13/h3-10H,11-12H2,1-2H3,(H,20,23). The van der Waals surface area contributed by atoms with Crippen molar-refractivity contribution in [3.8, 4) is 0 Å². The van der Waals surface area contributed by atoms with Gasteiger partial charge in [0.25, 0.3) is 0 Å². The molecule has 2 aromatic rings. The molecule has 1 amide bonds. The smallest absolute Gasteiger partial charge is 0.304 e. The topological polar surface area (TPSA) is 69.7 Å². The van der Waals surface area contributed by atoms with Gasteiger partial charge >= 0.3 is 10.2 Å². The predicted octanol–water partition coefficient (Wildman–Crippen LogP) is 1.89. The number of hydrogen-bond donors (Lipinski definition) is 1. The number of carbonyl (C=O) groups is 1. The van der Waals surface area contributed by atoms with Crippen LogP contribution in [0.3, 0.4) is 0 Å². The Hall–Kier alpha value is -2.52. The second-order valence-corrected chi connectivity index (χ2v) is 7.72. The van der Waals surface area contributed by atoms with E-state index >= 15 is 0 Å². The highest BCUT2D eigenvalue weighted by molar-refractivity contribution is 7.90. The van der Waals surface area contributed by atoms with Crippen LogP contribution in [0.15, 0.2) is 48.5 Å². The van der Waals surface area contributed by atoms with Gasteiger partial charge in [-0.25, -0.2) is 13.1 Å². The first-order chi connectivity index (χ1) is 12.2. The molecule has 0 saturated heterocycles. The van der Waals surface area contributed by atoms with Gasteiger partial charge in [0.15, 0.2) is 0 Å². The molecule has 0 heterocycles. The summed E-state index contributed by atoms with van der Waals surface area (Å²) in [5.41, 5.74) is 0.286. The number of nitrogens with zero attached hydrogens (tertiary/aromatic N) is 2. The third-order valence-electron chi connectivity index (χ3n) is 3.53. The Morgan fingerprint density at radius 3 is 2.38 bits per heavy atom. The highest BCUT2D eigenvalue weighted by Crippen LogP contribution is 2.22. The monoisotopic (exact) mass is 383 g/mol. The molecule has 140 valence electrons. The van der Waals surface area contributed by atoms with Gasteiger partial charge in [0.2, 0.25) is 5.91 Å². The molecule has 0 unspecified atom stereocenters. The summed E-state index contributed by atoms with van der Waals surface area (Å²) in [6.07, 6.45) is 0. The normalized spacial score (nSPS) is 11.4. The lowest BCUT2D eigenvalue weighted by molar-refractivity contribution is -0.119. The minimum atomic E-state index is -4.09. The van der Waals surface area contributed by atoms with Gasteiger partial charge in [0.1, 0.15) is 18.2 Å². The van der Waals surface area contributed by atoms with Crippen molar-refractivity contribution >= 4 is 21.8 Å². The fourth-order valence-electron chi connectivity index (χ4n) is 2.18. The van der Waals surface area contributed by atoms with E-state index in [-0.39, 0.29) is 12.2 Å². The average molecular weight is 383 g/mol. The number of amides is 1. The highest BCUT2D eigenvalue weighted by Gasteiger charge is 2.29. The van der Waals surface area contributed by atoms with Gasteiger partial charge in [-0.1, -0.05) is 24.3 Å². The zero-order valence-corrected chi connectivity index (χ0v) is 15.1. The maximum Gasteiger partial charge on any atom is 0.304 e. The van der Waals surface area contributed by atoms with E-state index in [0.717, 1.165) is 10.4 Å². The second kappa shape index (κ2) is 8.24. The van der Waals surface area contributed by atoms with E-state index in [0.29, 0.717) is 9.87 Å². The number of para-hydroxylation sites is 1. The predicted molar refractivity (Wildman–Crippen MR) is 94.6 cm³/mol. The molecular formula is C17H19F2N3O3S. The fourth-order valence-corrected chi connectivity index (χ4v) is 3.25. The van der Waals surface area contributed by atoms with Crippen LogP contribution in [0.25, 0.3) is 0 Å². The molecule has 0 aromatic heterocycles. The van der Waals surface area contributed by atoms with Crippen molar-refractivity contribution in [3.63, 3.8) is 0 Å². The Kier molecular flexibility index (Phi) is 6.27. The molecule has 0 spiro atoms. The number of anilines is 1. The molecule has 26 heavy (non-hydrogen) atoms. The quantitative estimate of drug-likeness (QED) is 0.794. The van der Waals surface area contributed by atoms with Crippen molar-refractivity contribution in [1.82, 2.24) is 9.62 Å². The number of carbonyl (C=O) groups excluding carboxylic acids is 1. The van der Waals surface area contributed by atoms with Crippen molar-refractivity contribution in [2.24, 2.45) is 0 Å². The maximum atomic E-state index is 14.1. The Morgan fingerprint density at radius 1 is 1.08 bits per heavy atom. The van der Waals surface area contributed by atoms with Crippen LogP contribution >= 0.6 is 0 Å². The first-order valence-electron chi connectivity index (χ1n) is 7.67. The highest BCUT2D eigenvalue weighted by atomic mass is 32.2. The van der Waals surface area contributed by atoms with Gasteiger partial charge in [0.05, 0.1) is 5.69 Å². The Bertz CT molecular complexity index is 888. The minimum Gasteiger partial charge on any atom is -0.350 e. The third kappa shape index (κ3) is 4.77. The van der Waals surface area contributed by atoms with Gasteiger partial charge in [-0.15, -0.1) is 0 Å². The van der Waals surface area contributed by atoms with Gasteiger partial charge in [-0.3, -0.25) is 4.79 Å². The first-order valence-corrected chi connectivity index (χ1v) is 9.07. The molecule has 0 aliphatic rings. The molecule has 0 aliphatic carbocycles. The first kappa shape index (κ1) is 19.8. The average Bonchev–Trinajstić information content (AvgIpc) is 2.58. The van der Waals surface area contributed by atoms with Crippen molar-refractivity contribution < 1.29 is 22.0 Å². The summed E-state index contributed by atoms with van der Waals surface area (Å²) in [7, 11) is -1.52. The second-order valence-electron chi connectivity index (χ2n) is 5.65. The minimum absolute atomic E-state index is 0.0176. The van der Waals surface area contributed by atoms with Crippen molar-refractivity contribution in [2.45, 2.75) is 6.54 Å². The van der Waals surface area contributed by atoms with Crippen molar-refractivity contribution in [1.29, 1.82) is 0 Å². The number of rotatable bonds is 7. The van der Waals surface area contributed by atoms with Gasteiger partial charge in [-0.05, 0) is 29.8 Å². The van der Waals surface area contributed by atoms with E-state index in [9.17, 15) is 22.0 Å². The van der Waals surface area contributed by atoms with Crippen molar-refractivity contribution in [2.75, 3.05) is 24.9 Å². The van der Waals surface area contributed by atoms with Crippen LogP contribution in [0.4, 0.5) is 14.5 Å². The van der Waals surface area contributed by atoms with Gasteiger partial charge in [0, 0.05) is 20.6 Å². The zero-order valence-electron chi connectivity index (χ0n) is 14.3. The Balaban J connectivity index is 2.19. The Labute approximate surface area is 151 Å². The van der Waals surface area contributed by atoms with E-state index in [1.807, 2.05) is 0 Å². The van der Waals surface area contributed by atoms with E-state index in [4.69, 9.17) is 0 Å². The van der Waals surface area contributed by atoms with Crippen molar-refractivity contribution in [3.05, 3.63) is 65.7 Å². The number of nitrogens with one attached hydrogen (secondary N) is 1. The van der Waals surface area contributed by atoms with Crippen LogP contribution in [-0.4, -0.2) is 39.3 Å². The van der Waals surface area contributed by atoms with Crippen LogP contribution in [0.2, 0.25) is 0 Å². The largest absolute Gasteiger partial charge is 0.350 e. The summed E-state index contributed by atoms with van der Waals surface area (Å²) in [4.78, 5) is 12.2. The van der Waals surface area contributed by atoms with Crippen LogP contribution in [0.1, 0.15) is 5.56 Å². The third-order valence-corrected chi connectivity index (χ3v) is 5.33. The van der Waals surface area contributed by atoms with E-state index < -0.39 is 34.3 Å². The van der Waals surface area contributed by atoms with Gasteiger partial charge in [-0.2, -0.15) is 12.7 Å². The molecule has 6 nitrogen and oxygen atoms in total. The molecule has 0 saturated carbocycles. The molecule has 0 aliphatic heterocycles. The van der Waals surface area contributed by atoms with Crippen LogP contribution in [0, 0.1) is 11.6 Å². The Morgan fingerprint density at radius 2 is 1.77 bits per heavy atom. The number of halogens is 2. The lowest BCUT2D eigenvalue weighted by atomic mass is 10.2. The summed E-state index contributed by atoms with van der Waals surface area (Å²) in [5, 5.41) is 2.50. The lowest BCUT2D eigenvalue weighted by Crippen LogP contribution is -2.46. The van der Waals surface area contributed by atoms with Crippen LogP contribution in [0.5, 0.6) is 0 Å². The van der Waals surface area contributed by atoms with Gasteiger partial charge < -0.3 is 5.32 Å². The summed E-state index contributed by atoms with van der Waals surface area (Å²) in [6.45, 7) is -0.597. The van der Waals surface area contributed by atoms with E-state index in [1.165, 1.54) is 50.5 Å². The maximum absolute atomic E-state index is 14.1. The SMILES string of the molecule is CN(C)S(=O)(=O)N(CC(=O)NCc1cccc(F)c1)c1ccccc1F. The molecule has 0 fully saturated rings. The molecule has 1 N–H and O–H groups in total. The van der Waals surface area contributed by atoms with Crippen LogP contribution in [-0.2, 0) is 21.5 Å². The molecule has 2 rings (SSSR count). The lowest BCUT2D eigenvalue weighted by Gasteiger charge is -2.27. The molecule has 9 heteroatoms. The van der Waals surface area contributed by atoms with Crippen LogP contribution < -0.4 is 9.62 Å². The number of hydrogen-bond acceptors (Lipinski definition) is 3. The zero-order chi connectivity index (χ0) is 19.3. The van der Waals surface area contributed by atoms with E-state index in [1.54, 1.807) is 6.07 Å². The summed E-state index contributed by atoms with van der Waals surface area (Å²) in [6, 6.07) is 10.9. The fraction of sp³-hybridized carbons (Fsp3) is 0.235. The number of benzene rings is 2. The molecule has 0 radical (unpaired) electrons. The van der Waals surface area contributed by atoms with E-state index in [2.05, 4.69) is 5.32 Å². The molecule has 2 aromatic carbocycles. The summed E-state index contributed by atoms with van der Waals surface area (Å²) >= 11 is 0. The molecule has 0 bridgehead atoms.